The fourth-order valence-electron chi connectivity index (χ4n) is 2.00. The van der Waals surface area contributed by atoms with E-state index in [0.29, 0.717) is 11.4 Å². The van der Waals surface area contributed by atoms with Crippen molar-refractivity contribution < 1.29 is 9.59 Å². The molecule has 1 atom stereocenters. The van der Waals surface area contributed by atoms with E-state index in [2.05, 4.69) is 10.3 Å². The number of aromatic nitrogens is 1. The Hall–Kier alpha value is -2.50. The molecule has 2 aromatic rings. The van der Waals surface area contributed by atoms with Crippen LogP contribution in [0.3, 0.4) is 0 Å². The first-order valence-corrected chi connectivity index (χ1v) is 6.29. The van der Waals surface area contributed by atoms with Gasteiger partial charge in [-0.3, -0.25) is 9.59 Å². The molecule has 1 unspecified atom stereocenters. The lowest BCUT2D eigenvalue weighted by atomic mass is 10.2. The first-order chi connectivity index (χ1) is 9.38. The summed E-state index contributed by atoms with van der Waals surface area (Å²) in [6, 6.07) is 6.51. The van der Waals surface area contributed by atoms with Crippen LogP contribution >= 0.6 is 0 Å². The molecule has 20 heavy (non-hydrogen) atoms. The average molecular weight is 274 g/mol. The molecule has 2 amide bonds. The van der Waals surface area contributed by atoms with Crippen LogP contribution in [0, 0.1) is 0 Å². The molecule has 0 radical (unpaired) electrons. The second-order valence-corrected chi connectivity index (χ2v) is 4.96. The van der Waals surface area contributed by atoms with Crippen molar-refractivity contribution in [3.63, 3.8) is 0 Å². The summed E-state index contributed by atoms with van der Waals surface area (Å²) in [7, 11) is 3.30. The van der Waals surface area contributed by atoms with Gasteiger partial charge in [-0.15, -0.1) is 0 Å². The topological polar surface area (TPSA) is 91.2 Å². The number of likely N-dealkylation sites (N-methyl/N-ethyl adjacent to an activating group) is 1. The number of nitrogens with zero attached hydrogens (tertiary/aromatic N) is 1. The van der Waals surface area contributed by atoms with Gasteiger partial charge in [0, 0.05) is 30.7 Å². The smallest absolute Gasteiger partial charge is 0.268 e. The first-order valence-electron chi connectivity index (χ1n) is 6.29. The molecule has 106 valence electrons. The zero-order chi connectivity index (χ0) is 14.9. The lowest BCUT2D eigenvalue weighted by molar-refractivity contribution is -0.130. The van der Waals surface area contributed by atoms with Crippen LogP contribution in [-0.2, 0) is 4.79 Å². The highest BCUT2D eigenvalue weighted by Crippen LogP contribution is 2.18. The van der Waals surface area contributed by atoms with E-state index < -0.39 is 6.04 Å². The lowest BCUT2D eigenvalue weighted by Crippen LogP contribution is -2.44. The van der Waals surface area contributed by atoms with Crippen molar-refractivity contribution in [2.75, 3.05) is 19.8 Å². The quantitative estimate of drug-likeness (QED) is 0.728. The van der Waals surface area contributed by atoms with Gasteiger partial charge in [0.1, 0.15) is 11.7 Å². The van der Waals surface area contributed by atoms with Crippen molar-refractivity contribution in [3.05, 3.63) is 30.0 Å². The molecule has 4 N–H and O–H groups in total. The first kappa shape index (κ1) is 13.9. The number of nitrogen functional groups attached to an aromatic ring is 1. The van der Waals surface area contributed by atoms with E-state index >= 15 is 0 Å². The van der Waals surface area contributed by atoms with Crippen LogP contribution in [0.1, 0.15) is 17.4 Å². The van der Waals surface area contributed by atoms with E-state index in [1.54, 1.807) is 39.2 Å². The molecule has 2 rings (SSSR count). The van der Waals surface area contributed by atoms with Gasteiger partial charge in [-0.2, -0.15) is 0 Å². The number of carbonyl (C=O) groups is 2. The number of fused-ring (bicyclic) bond motifs is 1. The van der Waals surface area contributed by atoms with Gasteiger partial charge in [0.05, 0.1) is 0 Å². The van der Waals surface area contributed by atoms with Crippen molar-refractivity contribution in [2.45, 2.75) is 13.0 Å². The zero-order valence-electron chi connectivity index (χ0n) is 11.7. The number of hydrogen-bond donors (Lipinski definition) is 3. The Bertz CT molecular complexity index is 660. The molecule has 6 nitrogen and oxygen atoms in total. The van der Waals surface area contributed by atoms with Crippen molar-refractivity contribution in [3.8, 4) is 0 Å². The number of nitrogens with two attached hydrogens (primary N) is 1. The van der Waals surface area contributed by atoms with Crippen LogP contribution in [0.2, 0.25) is 0 Å². The van der Waals surface area contributed by atoms with Crippen LogP contribution in [0.5, 0.6) is 0 Å². The predicted molar refractivity (Wildman–Crippen MR) is 78.3 cm³/mol. The van der Waals surface area contributed by atoms with Gasteiger partial charge in [0.2, 0.25) is 5.91 Å². The van der Waals surface area contributed by atoms with E-state index in [1.807, 2.05) is 6.07 Å². The maximum Gasteiger partial charge on any atom is 0.268 e. The molecule has 1 aromatic heterocycles. The van der Waals surface area contributed by atoms with Crippen molar-refractivity contribution in [2.24, 2.45) is 0 Å². The van der Waals surface area contributed by atoms with Crippen LogP contribution < -0.4 is 11.1 Å². The van der Waals surface area contributed by atoms with Crippen LogP contribution in [0.4, 0.5) is 5.69 Å². The number of benzene rings is 1. The molecule has 0 saturated heterocycles. The Labute approximate surface area is 116 Å². The zero-order valence-corrected chi connectivity index (χ0v) is 11.7. The number of H-pyrrole nitrogens is 1. The number of nitrogens with one attached hydrogen (secondary N) is 2. The summed E-state index contributed by atoms with van der Waals surface area (Å²) in [6.07, 6.45) is 0. The highest BCUT2D eigenvalue weighted by molar-refractivity contribution is 6.00. The van der Waals surface area contributed by atoms with Crippen LogP contribution in [-0.4, -0.2) is 41.8 Å². The molecule has 0 bridgehead atoms. The van der Waals surface area contributed by atoms with Gasteiger partial charge >= 0.3 is 0 Å². The molecule has 0 saturated carbocycles. The highest BCUT2D eigenvalue weighted by atomic mass is 16.2. The van der Waals surface area contributed by atoms with Crippen molar-refractivity contribution >= 4 is 28.4 Å². The summed E-state index contributed by atoms with van der Waals surface area (Å²) in [5.74, 6) is -0.471. The molecular formula is C14H18N4O2. The number of aromatic amines is 1. The van der Waals surface area contributed by atoms with Crippen LogP contribution in [0.15, 0.2) is 24.3 Å². The maximum absolute atomic E-state index is 12.1. The Morgan fingerprint density at radius 3 is 2.65 bits per heavy atom. The molecule has 1 heterocycles. The van der Waals surface area contributed by atoms with E-state index in [4.69, 9.17) is 5.73 Å². The standard InChI is InChI=1S/C14H18N4O2/c1-8(14(20)18(2)3)16-13(19)12-7-9-6-10(15)4-5-11(9)17-12/h4-8,17H,15H2,1-3H3,(H,16,19). The molecule has 0 aliphatic carbocycles. The van der Waals surface area contributed by atoms with Crippen molar-refractivity contribution in [1.29, 1.82) is 0 Å². The second kappa shape index (κ2) is 5.24. The van der Waals surface area contributed by atoms with Gasteiger partial charge in [0.25, 0.3) is 5.91 Å². The SMILES string of the molecule is CC(NC(=O)c1cc2cc(N)ccc2[nH]1)C(=O)N(C)C. The molecule has 0 spiro atoms. The number of anilines is 1. The number of amides is 2. The minimum atomic E-state index is -0.575. The molecule has 0 aliphatic heterocycles. The summed E-state index contributed by atoms with van der Waals surface area (Å²) >= 11 is 0. The maximum atomic E-state index is 12.1. The minimum Gasteiger partial charge on any atom is -0.399 e. The molecule has 0 aliphatic rings. The van der Waals surface area contributed by atoms with E-state index in [9.17, 15) is 9.59 Å². The fourth-order valence-corrected chi connectivity index (χ4v) is 2.00. The average Bonchev–Trinajstić information content (AvgIpc) is 2.80. The normalized spacial score (nSPS) is 12.2. The Morgan fingerprint density at radius 2 is 2.00 bits per heavy atom. The predicted octanol–water partition coefficient (Wildman–Crippen LogP) is 0.957. The number of rotatable bonds is 3. The molecule has 1 aromatic carbocycles. The highest BCUT2D eigenvalue weighted by Gasteiger charge is 2.19. The largest absolute Gasteiger partial charge is 0.399 e. The number of carbonyl (C=O) groups excluding carboxylic acids is 2. The van der Waals surface area contributed by atoms with E-state index in [0.717, 1.165) is 10.9 Å². The summed E-state index contributed by atoms with van der Waals surface area (Å²) in [6.45, 7) is 1.65. The summed E-state index contributed by atoms with van der Waals surface area (Å²) in [5, 5.41) is 3.52. The summed E-state index contributed by atoms with van der Waals surface area (Å²) in [5.41, 5.74) is 7.57. The monoisotopic (exact) mass is 274 g/mol. The Balaban J connectivity index is 2.17. The lowest BCUT2D eigenvalue weighted by Gasteiger charge is -2.17. The van der Waals surface area contributed by atoms with Gasteiger partial charge in [0.15, 0.2) is 0 Å². The third-order valence-electron chi connectivity index (χ3n) is 3.05. The Kier molecular flexibility index (Phi) is 3.65. The van der Waals surface area contributed by atoms with Crippen molar-refractivity contribution in [1.82, 2.24) is 15.2 Å². The third kappa shape index (κ3) is 2.74. The summed E-state index contributed by atoms with van der Waals surface area (Å²) < 4.78 is 0. The molecule has 0 fully saturated rings. The summed E-state index contributed by atoms with van der Waals surface area (Å²) in [4.78, 5) is 28.2. The van der Waals surface area contributed by atoms with Gasteiger partial charge in [-0.1, -0.05) is 0 Å². The van der Waals surface area contributed by atoms with Gasteiger partial charge < -0.3 is 20.9 Å². The van der Waals surface area contributed by atoms with E-state index in [-0.39, 0.29) is 11.8 Å². The van der Waals surface area contributed by atoms with Gasteiger partial charge in [-0.25, -0.2) is 0 Å². The number of hydrogen-bond acceptors (Lipinski definition) is 3. The third-order valence-corrected chi connectivity index (χ3v) is 3.05. The van der Waals surface area contributed by atoms with Gasteiger partial charge in [-0.05, 0) is 31.2 Å². The molecule has 6 heteroatoms. The Morgan fingerprint density at radius 1 is 1.30 bits per heavy atom. The van der Waals surface area contributed by atoms with E-state index in [1.165, 1.54) is 4.90 Å². The fraction of sp³-hybridized carbons (Fsp3) is 0.286. The van der Waals surface area contributed by atoms with Crippen LogP contribution in [0.25, 0.3) is 10.9 Å². The molecular weight excluding hydrogens is 256 g/mol. The second-order valence-electron chi connectivity index (χ2n) is 4.96. The minimum absolute atomic E-state index is 0.154.